The van der Waals surface area contributed by atoms with Crippen LogP contribution in [0.4, 0.5) is 11.4 Å². The highest BCUT2D eigenvalue weighted by molar-refractivity contribution is 5.88. The molecule has 0 bridgehead atoms. The molecule has 0 aromatic heterocycles. The Hall–Kier alpha value is -4.96. The topological polar surface area (TPSA) is 79.4 Å². The second-order valence-electron chi connectivity index (χ2n) is 11.8. The standard InChI is InChI=1S/C42H46N2O6/c1-5-33-27-37-38-28-34(6-2)30-40(44-32(4)36-15-11-8-12-16-36)42(38)50-26-24-48-22-20-46-18-17-45-19-21-47-23-25-49-41(37)39(29-33)43-31(3)35-13-9-7-10-14-35/h1-2,7-16,27-32,43-44H,17-26H2,3-4H3/t31-,32-/m1/s1. The van der Waals surface area contributed by atoms with Gasteiger partial charge in [0.05, 0.1) is 64.2 Å². The van der Waals surface area contributed by atoms with Gasteiger partial charge in [-0.25, -0.2) is 0 Å². The second kappa shape index (κ2) is 19.3. The molecule has 0 aliphatic carbocycles. The average molecular weight is 675 g/mol. The second-order valence-corrected chi connectivity index (χ2v) is 11.8. The molecule has 2 atom stereocenters. The lowest BCUT2D eigenvalue weighted by Crippen LogP contribution is -2.16. The number of nitrogens with one attached hydrogen (secondary N) is 2. The molecule has 5 rings (SSSR count). The van der Waals surface area contributed by atoms with Gasteiger partial charge in [0.2, 0.25) is 0 Å². The minimum Gasteiger partial charge on any atom is -0.488 e. The van der Waals surface area contributed by atoms with E-state index in [0.29, 0.717) is 75.5 Å². The molecule has 8 heteroatoms. The van der Waals surface area contributed by atoms with Gasteiger partial charge >= 0.3 is 0 Å². The first kappa shape index (κ1) is 36.3. The van der Waals surface area contributed by atoms with Crippen LogP contribution in [0.3, 0.4) is 0 Å². The third-order valence-corrected chi connectivity index (χ3v) is 8.21. The fraction of sp³-hybridized carbons (Fsp3) is 0.333. The van der Waals surface area contributed by atoms with Gasteiger partial charge in [-0.3, -0.25) is 0 Å². The van der Waals surface area contributed by atoms with E-state index < -0.39 is 0 Å². The highest BCUT2D eigenvalue weighted by atomic mass is 16.6. The number of rotatable bonds is 6. The molecule has 0 saturated carbocycles. The summed E-state index contributed by atoms with van der Waals surface area (Å²) in [6, 6.07) is 28.1. The number of fused-ring (bicyclic) bond motifs is 3. The molecule has 0 spiro atoms. The molecule has 1 aliphatic heterocycles. The van der Waals surface area contributed by atoms with E-state index in [9.17, 15) is 0 Å². The summed E-state index contributed by atoms with van der Waals surface area (Å²) in [5, 5.41) is 7.32. The molecule has 1 heterocycles. The Balaban J connectivity index is 1.62. The lowest BCUT2D eigenvalue weighted by Gasteiger charge is -2.25. The van der Waals surface area contributed by atoms with Crippen LogP contribution in [0.2, 0.25) is 0 Å². The first-order valence-corrected chi connectivity index (χ1v) is 17.1. The number of ether oxygens (including phenoxy) is 6. The van der Waals surface area contributed by atoms with Gasteiger partial charge in [-0.1, -0.05) is 72.5 Å². The van der Waals surface area contributed by atoms with Crippen molar-refractivity contribution in [1.82, 2.24) is 0 Å². The van der Waals surface area contributed by atoms with E-state index in [1.807, 2.05) is 60.7 Å². The molecule has 8 nitrogen and oxygen atoms in total. The van der Waals surface area contributed by atoms with Crippen molar-refractivity contribution in [2.24, 2.45) is 0 Å². The monoisotopic (exact) mass is 674 g/mol. The molecular weight excluding hydrogens is 628 g/mol. The Bertz CT molecular complexity index is 1600. The molecule has 2 N–H and O–H groups in total. The van der Waals surface area contributed by atoms with Crippen molar-refractivity contribution >= 4 is 11.4 Å². The van der Waals surface area contributed by atoms with Gasteiger partial charge < -0.3 is 39.1 Å². The van der Waals surface area contributed by atoms with Crippen molar-refractivity contribution < 1.29 is 28.4 Å². The van der Waals surface area contributed by atoms with Crippen molar-refractivity contribution in [3.63, 3.8) is 0 Å². The van der Waals surface area contributed by atoms with E-state index in [0.717, 1.165) is 33.6 Å². The van der Waals surface area contributed by atoms with Gasteiger partial charge in [0.25, 0.3) is 0 Å². The predicted molar refractivity (Wildman–Crippen MR) is 199 cm³/mol. The number of terminal acetylenes is 2. The SMILES string of the molecule is C#Cc1cc(N[C@H](C)c2ccccc2)c2c(c1)-c1cc(C#C)cc(N[C@H](C)c3ccccc3)c1OCCOCCOCCOCCOCCO2. The molecule has 0 amide bonds. The van der Waals surface area contributed by atoms with Crippen LogP contribution in [-0.2, 0) is 18.9 Å². The number of hydrogen-bond donors (Lipinski definition) is 2. The number of hydrogen-bond acceptors (Lipinski definition) is 8. The lowest BCUT2D eigenvalue weighted by atomic mass is 9.96. The maximum atomic E-state index is 6.59. The van der Waals surface area contributed by atoms with Crippen molar-refractivity contribution in [3.05, 3.63) is 107 Å². The summed E-state index contributed by atoms with van der Waals surface area (Å²) in [5.74, 6) is 6.89. The van der Waals surface area contributed by atoms with Crippen LogP contribution >= 0.6 is 0 Å². The first-order chi connectivity index (χ1) is 24.6. The molecule has 0 fully saturated rings. The normalized spacial score (nSPS) is 16.0. The van der Waals surface area contributed by atoms with E-state index in [4.69, 9.17) is 41.3 Å². The van der Waals surface area contributed by atoms with Crippen molar-refractivity contribution in [3.8, 4) is 47.3 Å². The summed E-state index contributed by atoms with van der Waals surface area (Å²) in [4.78, 5) is 0. The zero-order valence-corrected chi connectivity index (χ0v) is 28.9. The molecule has 4 aromatic carbocycles. The summed E-state index contributed by atoms with van der Waals surface area (Å²) in [6.45, 7) is 8.24. The average Bonchev–Trinajstić information content (AvgIpc) is 3.15. The molecule has 0 radical (unpaired) electrons. The molecular formula is C42H46N2O6. The Morgan fingerprint density at radius 2 is 0.840 bits per heavy atom. The largest absolute Gasteiger partial charge is 0.488 e. The predicted octanol–water partition coefficient (Wildman–Crippen LogP) is 7.50. The molecule has 0 saturated heterocycles. The fourth-order valence-electron chi connectivity index (χ4n) is 5.63. The summed E-state index contributed by atoms with van der Waals surface area (Å²) in [5.41, 5.74) is 6.53. The van der Waals surface area contributed by atoms with Crippen molar-refractivity contribution in [2.75, 3.05) is 76.7 Å². The minimum atomic E-state index is -0.0516. The Kier molecular flexibility index (Phi) is 14.0. The summed E-state index contributed by atoms with van der Waals surface area (Å²) >= 11 is 0. The van der Waals surface area contributed by atoms with Gasteiger partial charge in [-0.15, -0.1) is 12.8 Å². The highest BCUT2D eigenvalue weighted by Gasteiger charge is 2.23. The van der Waals surface area contributed by atoms with Crippen molar-refractivity contribution in [1.29, 1.82) is 0 Å². The third kappa shape index (κ3) is 10.3. The maximum Gasteiger partial charge on any atom is 0.150 e. The van der Waals surface area contributed by atoms with E-state index in [1.54, 1.807) is 0 Å². The minimum absolute atomic E-state index is 0.0516. The zero-order chi connectivity index (χ0) is 35.0. The van der Waals surface area contributed by atoms with E-state index >= 15 is 0 Å². The van der Waals surface area contributed by atoms with Gasteiger partial charge in [-0.2, -0.15) is 0 Å². The van der Waals surface area contributed by atoms with Gasteiger partial charge in [-0.05, 0) is 49.2 Å². The highest BCUT2D eigenvalue weighted by Crippen LogP contribution is 2.46. The quantitative estimate of drug-likeness (QED) is 0.204. The summed E-state index contributed by atoms with van der Waals surface area (Å²) in [6.07, 6.45) is 12.1. The van der Waals surface area contributed by atoms with E-state index in [-0.39, 0.29) is 25.3 Å². The van der Waals surface area contributed by atoms with Crippen LogP contribution in [0.5, 0.6) is 11.5 Å². The van der Waals surface area contributed by atoms with Gasteiger partial charge in [0, 0.05) is 34.3 Å². The Labute approximate surface area is 296 Å². The van der Waals surface area contributed by atoms with Crippen LogP contribution in [0.15, 0.2) is 84.9 Å². The third-order valence-electron chi connectivity index (χ3n) is 8.21. The van der Waals surface area contributed by atoms with Crippen LogP contribution in [0.1, 0.15) is 48.2 Å². The smallest absolute Gasteiger partial charge is 0.150 e. The Morgan fingerprint density at radius 1 is 0.500 bits per heavy atom. The van der Waals surface area contributed by atoms with Crippen LogP contribution < -0.4 is 20.1 Å². The summed E-state index contributed by atoms with van der Waals surface area (Å²) in [7, 11) is 0. The number of anilines is 2. The fourth-order valence-corrected chi connectivity index (χ4v) is 5.63. The molecule has 260 valence electrons. The van der Waals surface area contributed by atoms with Crippen molar-refractivity contribution in [2.45, 2.75) is 25.9 Å². The zero-order valence-electron chi connectivity index (χ0n) is 28.9. The molecule has 50 heavy (non-hydrogen) atoms. The first-order valence-electron chi connectivity index (χ1n) is 17.1. The number of benzene rings is 4. The molecule has 1 aliphatic rings. The van der Waals surface area contributed by atoms with Crippen LogP contribution in [0, 0.1) is 24.7 Å². The van der Waals surface area contributed by atoms with Crippen LogP contribution in [-0.4, -0.2) is 66.1 Å². The van der Waals surface area contributed by atoms with E-state index in [1.165, 1.54) is 0 Å². The van der Waals surface area contributed by atoms with Gasteiger partial charge in [0.1, 0.15) is 13.2 Å². The van der Waals surface area contributed by atoms with Gasteiger partial charge in [0.15, 0.2) is 11.5 Å². The lowest BCUT2D eigenvalue weighted by molar-refractivity contribution is -0.00701. The Morgan fingerprint density at radius 3 is 1.18 bits per heavy atom. The molecule has 4 aromatic rings. The van der Waals surface area contributed by atoms with E-state index in [2.05, 4.69) is 60.6 Å². The van der Waals surface area contributed by atoms with Crippen LogP contribution in [0.25, 0.3) is 11.1 Å². The molecule has 0 unspecified atom stereocenters. The summed E-state index contributed by atoms with van der Waals surface area (Å²) < 4.78 is 36.1. The maximum absolute atomic E-state index is 6.59.